The maximum Gasteiger partial charge on any atom is 0.274 e. The van der Waals surface area contributed by atoms with Crippen molar-refractivity contribution in [3.63, 3.8) is 0 Å². The Morgan fingerprint density at radius 3 is 2.52 bits per heavy atom. The Labute approximate surface area is 168 Å². The minimum absolute atomic E-state index is 0.00332. The van der Waals surface area contributed by atoms with Crippen molar-refractivity contribution < 1.29 is 17.7 Å². The van der Waals surface area contributed by atoms with Crippen molar-refractivity contribution in [1.82, 2.24) is 10.6 Å². The quantitative estimate of drug-likeness (QED) is 0.292. The molecule has 2 N–H and O–H groups in total. The van der Waals surface area contributed by atoms with Crippen molar-refractivity contribution in [2.24, 2.45) is 4.99 Å². The fraction of sp³-hybridized carbons (Fsp3) is 0.316. The third-order valence-corrected chi connectivity index (χ3v) is 4.81. The first-order valence-electron chi connectivity index (χ1n) is 8.89. The number of halogens is 1. The average Bonchev–Trinajstić information content (AvgIpc) is 2.65. The Balaban J connectivity index is 2.20. The monoisotopic (exact) mass is 422 g/mol. The Morgan fingerprint density at radius 2 is 1.86 bits per heavy atom. The standard InChI is InChI=1S/C19H23FN4O4S/c1-3-21-19(22-11-14-6-4-5-7-18(14)24(25)26)23-12-16-10-17(20)9-8-15(16)13-29(2,27)28/h4-10H,3,11-13H2,1-2H3,(H2,21,22,23). The molecule has 2 rings (SSSR count). The largest absolute Gasteiger partial charge is 0.357 e. The van der Waals surface area contributed by atoms with Gasteiger partial charge in [0, 0.05) is 31.0 Å². The van der Waals surface area contributed by atoms with Crippen molar-refractivity contribution >= 4 is 21.5 Å². The summed E-state index contributed by atoms with van der Waals surface area (Å²) in [6.45, 7) is 2.62. The number of hydrogen-bond acceptors (Lipinski definition) is 5. The van der Waals surface area contributed by atoms with E-state index in [2.05, 4.69) is 15.6 Å². The van der Waals surface area contributed by atoms with Crippen LogP contribution in [0, 0.1) is 15.9 Å². The third kappa shape index (κ3) is 7.15. The molecule has 2 aromatic rings. The van der Waals surface area contributed by atoms with E-state index in [0.717, 1.165) is 6.26 Å². The second kappa shape index (κ2) is 9.97. The Hall–Kier alpha value is -3.01. The fourth-order valence-electron chi connectivity index (χ4n) is 2.69. The van der Waals surface area contributed by atoms with Crippen molar-refractivity contribution in [1.29, 1.82) is 0 Å². The summed E-state index contributed by atoms with van der Waals surface area (Å²) in [6.07, 6.45) is 1.11. The van der Waals surface area contributed by atoms with E-state index >= 15 is 0 Å². The van der Waals surface area contributed by atoms with Crippen LogP contribution in [0.25, 0.3) is 0 Å². The molecule has 0 amide bonds. The first kappa shape index (κ1) is 22.3. The van der Waals surface area contributed by atoms with Gasteiger partial charge in [-0.15, -0.1) is 0 Å². The summed E-state index contributed by atoms with van der Waals surface area (Å²) < 4.78 is 36.9. The second-order valence-corrected chi connectivity index (χ2v) is 8.56. The van der Waals surface area contributed by atoms with Gasteiger partial charge in [-0.2, -0.15) is 0 Å². The first-order chi connectivity index (χ1) is 13.7. The van der Waals surface area contributed by atoms with Crippen LogP contribution < -0.4 is 10.6 Å². The molecule has 0 heterocycles. The molecule has 0 aliphatic carbocycles. The highest BCUT2D eigenvalue weighted by atomic mass is 32.2. The van der Waals surface area contributed by atoms with Gasteiger partial charge in [0.2, 0.25) is 0 Å². The molecule has 0 aliphatic rings. The highest BCUT2D eigenvalue weighted by Gasteiger charge is 2.13. The summed E-state index contributed by atoms with van der Waals surface area (Å²) in [7, 11) is -3.29. The van der Waals surface area contributed by atoms with Crippen molar-refractivity contribution in [2.75, 3.05) is 12.8 Å². The zero-order valence-electron chi connectivity index (χ0n) is 16.2. The molecule has 10 heteroatoms. The number of nitro groups is 1. The smallest absolute Gasteiger partial charge is 0.274 e. The zero-order valence-corrected chi connectivity index (χ0v) is 17.0. The Morgan fingerprint density at radius 1 is 1.14 bits per heavy atom. The number of nitrogens with one attached hydrogen (secondary N) is 2. The van der Waals surface area contributed by atoms with E-state index in [0.29, 0.717) is 29.2 Å². The highest BCUT2D eigenvalue weighted by Crippen LogP contribution is 2.18. The molecular weight excluding hydrogens is 399 g/mol. The van der Waals surface area contributed by atoms with Gasteiger partial charge in [-0.25, -0.2) is 17.8 Å². The molecule has 0 aliphatic heterocycles. The van der Waals surface area contributed by atoms with Crippen molar-refractivity contribution in [3.05, 3.63) is 75.1 Å². The summed E-state index contributed by atoms with van der Waals surface area (Å²) >= 11 is 0. The van der Waals surface area contributed by atoms with E-state index in [-0.39, 0.29) is 24.5 Å². The maximum absolute atomic E-state index is 13.6. The minimum Gasteiger partial charge on any atom is -0.357 e. The van der Waals surface area contributed by atoms with E-state index in [1.807, 2.05) is 6.92 Å². The predicted molar refractivity (Wildman–Crippen MR) is 110 cm³/mol. The van der Waals surface area contributed by atoms with Gasteiger partial charge in [0.25, 0.3) is 5.69 Å². The lowest BCUT2D eigenvalue weighted by atomic mass is 10.1. The molecule has 0 fully saturated rings. The molecule has 0 aromatic heterocycles. The number of rotatable bonds is 8. The molecule has 8 nitrogen and oxygen atoms in total. The molecular formula is C19H23FN4O4S. The number of nitro benzene ring substituents is 1. The van der Waals surface area contributed by atoms with Crippen LogP contribution in [-0.4, -0.2) is 32.1 Å². The molecule has 0 saturated carbocycles. The van der Waals surface area contributed by atoms with E-state index in [4.69, 9.17) is 0 Å². The van der Waals surface area contributed by atoms with Crippen LogP contribution in [0.5, 0.6) is 0 Å². The molecule has 0 saturated heterocycles. The number of aliphatic imine (C=N–C) groups is 1. The van der Waals surface area contributed by atoms with E-state index in [1.54, 1.807) is 18.2 Å². The number of guanidine groups is 1. The van der Waals surface area contributed by atoms with Crippen LogP contribution in [0.4, 0.5) is 10.1 Å². The molecule has 29 heavy (non-hydrogen) atoms. The maximum atomic E-state index is 13.6. The van der Waals surface area contributed by atoms with Gasteiger partial charge in [0.1, 0.15) is 5.82 Å². The van der Waals surface area contributed by atoms with Crippen LogP contribution in [0.15, 0.2) is 47.5 Å². The lowest BCUT2D eigenvalue weighted by Crippen LogP contribution is -2.37. The molecule has 0 radical (unpaired) electrons. The van der Waals surface area contributed by atoms with Gasteiger partial charge in [-0.1, -0.05) is 24.3 Å². The molecule has 0 unspecified atom stereocenters. The summed E-state index contributed by atoms with van der Waals surface area (Å²) in [5.74, 6) is -0.316. The van der Waals surface area contributed by atoms with Crippen LogP contribution >= 0.6 is 0 Å². The van der Waals surface area contributed by atoms with Crippen LogP contribution in [-0.2, 0) is 28.7 Å². The molecule has 0 bridgehead atoms. The SMILES string of the molecule is CCNC(=NCc1cc(F)ccc1CS(C)(=O)=O)NCc1ccccc1[N+](=O)[O-]. The normalized spacial score (nSPS) is 11.9. The number of nitrogens with zero attached hydrogens (tertiary/aromatic N) is 2. The van der Waals surface area contributed by atoms with Crippen LogP contribution in [0.2, 0.25) is 0 Å². The number of hydrogen-bond donors (Lipinski definition) is 2. The third-order valence-electron chi connectivity index (χ3n) is 3.97. The van der Waals surface area contributed by atoms with Gasteiger partial charge in [0.15, 0.2) is 15.8 Å². The number of benzene rings is 2. The Bertz CT molecular complexity index is 1010. The van der Waals surface area contributed by atoms with Gasteiger partial charge in [0.05, 0.1) is 17.2 Å². The molecule has 0 atom stereocenters. The molecule has 0 spiro atoms. The molecule has 2 aromatic carbocycles. The number of para-hydroxylation sites is 1. The summed E-state index contributed by atoms with van der Waals surface area (Å²) in [4.78, 5) is 15.0. The van der Waals surface area contributed by atoms with Gasteiger partial charge in [-0.3, -0.25) is 10.1 Å². The first-order valence-corrected chi connectivity index (χ1v) is 10.9. The number of sulfone groups is 1. The average molecular weight is 422 g/mol. The molecule has 156 valence electrons. The predicted octanol–water partition coefficient (Wildman–Crippen LogP) is 2.53. The zero-order chi connectivity index (χ0) is 21.4. The van der Waals surface area contributed by atoms with Gasteiger partial charge < -0.3 is 10.6 Å². The summed E-state index contributed by atoms with van der Waals surface area (Å²) in [5, 5.41) is 17.2. The van der Waals surface area contributed by atoms with E-state index < -0.39 is 20.6 Å². The van der Waals surface area contributed by atoms with Crippen molar-refractivity contribution in [3.8, 4) is 0 Å². The topological polar surface area (TPSA) is 114 Å². The van der Waals surface area contributed by atoms with Gasteiger partial charge in [-0.05, 0) is 30.2 Å². The van der Waals surface area contributed by atoms with Crippen LogP contribution in [0.1, 0.15) is 23.6 Å². The fourth-order valence-corrected chi connectivity index (χ4v) is 3.53. The summed E-state index contributed by atoms with van der Waals surface area (Å²) in [6, 6.07) is 10.3. The van der Waals surface area contributed by atoms with Gasteiger partial charge >= 0.3 is 0 Å². The van der Waals surface area contributed by atoms with E-state index in [1.165, 1.54) is 24.3 Å². The van der Waals surface area contributed by atoms with Crippen molar-refractivity contribution in [2.45, 2.75) is 25.8 Å². The van der Waals surface area contributed by atoms with E-state index in [9.17, 15) is 22.9 Å². The Kier molecular flexibility index (Phi) is 7.66. The lowest BCUT2D eigenvalue weighted by Gasteiger charge is -2.13. The highest BCUT2D eigenvalue weighted by molar-refractivity contribution is 7.89. The summed E-state index contributed by atoms with van der Waals surface area (Å²) in [5.41, 5.74) is 1.42. The second-order valence-electron chi connectivity index (χ2n) is 6.42. The lowest BCUT2D eigenvalue weighted by molar-refractivity contribution is -0.385. The van der Waals surface area contributed by atoms with Crippen LogP contribution in [0.3, 0.4) is 0 Å². The minimum atomic E-state index is -3.29.